The van der Waals surface area contributed by atoms with E-state index in [9.17, 15) is 0 Å². The average molecular weight is 329 g/mol. The fourth-order valence-electron chi connectivity index (χ4n) is 4.01. The molecule has 0 bridgehead atoms. The average Bonchev–Trinajstić information content (AvgIpc) is 2.73. The number of rotatable bonds is 3. The summed E-state index contributed by atoms with van der Waals surface area (Å²) in [7, 11) is -0.197. The van der Waals surface area contributed by atoms with E-state index >= 15 is 0 Å². The van der Waals surface area contributed by atoms with Gasteiger partial charge in [0.15, 0.2) is 0 Å². The maximum atomic E-state index is 2.60. The molecule has 0 saturated heterocycles. The van der Waals surface area contributed by atoms with Gasteiger partial charge in [-0.3, -0.25) is 0 Å². The molecule has 0 aliphatic heterocycles. The van der Waals surface area contributed by atoms with Gasteiger partial charge in [0.25, 0.3) is 0 Å². The second kappa shape index (κ2) is 6.02. The first-order valence-corrected chi connectivity index (χ1v) is 10.7. The van der Waals surface area contributed by atoms with Crippen LogP contribution < -0.4 is 5.19 Å². The van der Waals surface area contributed by atoms with Gasteiger partial charge < -0.3 is 0 Å². The molecule has 2 heteroatoms. The van der Waals surface area contributed by atoms with Crippen LogP contribution in [0.1, 0.15) is 43.7 Å². The van der Waals surface area contributed by atoms with Crippen molar-refractivity contribution in [2.45, 2.75) is 56.2 Å². The van der Waals surface area contributed by atoms with Gasteiger partial charge >= 0.3 is 143 Å². The molecule has 0 fully saturated rings. The molecule has 3 rings (SSSR count). The van der Waals surface area contributed by atoms with Crippen LogP contribution in [0.25, 0.3) is 0 Å². The zero-order chi connectivity index (χ0) is 15.0. The van der Waals surface area contributed by atoms with Crippen molar-refractivity contribution in [2.75, 3.05) is 0 Å². The molecule has 1 aromatic rings. The van der Waals surface area contributed by atoms with Gasteiger partial charge in [0, 0.05) is 0 Å². The van der Waals surface area contributed by atoms with Crippen LogP contribution >= 0.6 is 0 Å². The number of hydrogen-bond donors (Lipinski definition) is 0. The monoisotopic (exact) mass is 329 g/mol. The number of benzene rings is 1. The van der Waals surface area contributed by atoms with Crippen molar-refractivity contribution in [1.29, 1.82) is 0 Å². The standard InChI is InChI=1S/C19H25Si.Ti/c1-13-7-6-10-19(15(13)3)20-12-16-11-14(2)17-8-4-5-9-18(16)17;/h6-7,10-11H,4-5,8-9,12,20H2,1-3H3;. The second-order valence-electron chi connectivity index (χ2n) is 6.82. The first kappa shape index (κ1) is 15.5. The Morgan fingerprint density at radius 3 is 2.71 bits per heavy atom. The van der Waals surface area contributed by atoms with E-state index in [0.717, 1.165) is 0 Å². The Balaban J connectivity index is 1.82. The molecule has 0 amide bonds. The molecule has 21 heavy (non-hydrogen) atoms. The van der Waals surface area contributed by atoms with Crippen LogP contribution in [0.15, 0.2) is 41.0 Å². The van der Waals surface area contributed by atoms with Crippen molar-refractivity contribution in [3.05, 3.63) is 52.1 Å². The van der Waals surface area contributed by atoms with Gasteiger partial charge in [-0.1, -0.05) is 0 Å². The van der Waals surface area contributed by atoms with E-state index in [2.05, 4.69) is 65.5 Å². The van der Waals surface area contributed by atoms with E-state index < -0.39 is 0 Å². The van der Waals surface area contributed by atoms with E-state index in [1.807, 2.05) is 0 Å². The summed E-state index contributed by atoms with van der Waals surface area (Å²) in [6.07, 6.45) is 8.08. The van der Waals surface area contributed by atoms with Crippen molar-refractivity contribution in [3.8, 4) is 0 Å². The molecule has 0 heterocycles. The fraction of sp³-hybridized carbons (Fsp3) is 0.474. The predicted molar refractivity (Wildman–Crippen MR) is 90.8 cm³/mol. The van der Waals surface area contributed by atoms with E-state index in [1.54, 1.807) is 27.5 Å². The summed E-state index contributed by atoms with van der Waals surface area (Å²) in [6, 6.07) is 8.26. The van der Waals surface area contributed by atoms with Crippen LogP contribution in [0, 0.1) is 13.8 Å². The van der Waals surface area contributed by atoms with Crippen LogP contribution in [-0.4, -0.2) is 9.52 Å². The van der Waals surface area contributed by atoms with Crippen molar-refractivity contribution in [1.82, 2.24) is 0 Å². The molecule has 1 unspecified atom stereocenters. The van der Waals surface area contributed by atoms with Crippen LogP contribution in [0.3, 0.4) is 0 Å². The number of aryl methyl sites for hydroxylation is 1. The first-order chi connectivity index (χ1) is 10.0. The second-order valence-corrected chi connectivity index (χ2v) is 9.98. The molecule has 0 saturated carbocycles. The predicted octanol–water partition coefficient (Wildman–Crippen LogP) is 4.05. The van der Waals surface area contributed by atoms with Crippen LogP contribution in [-0.2, 0) is 20.4 Å². The Hall–Kier alpha value is -0.369. The summed E-state index contributed by atoms with van der Waals surface area (Å²) in [5.74, 6) is 0. The van der Waals surface area contributed by atoms with Gasteiger partial charge in [0.05, 0.1) is 0 Å². The fourth-order valence-corrected chi connectivity index (χ4v) is 7.44. The van der Waals surface area contributed by atoms with Gasteiger partial charge in [-0.05, 0) is 0 Å². The number of allylic oxidation sites excluding steroid dienone is 4. The van der Waals surface area contributed by atoms with E-state index in [4.69, 9.17) is 0 Å². The summed E-state index contributed by atoms with van der Waals surface area (Å²) in [4.78, 5) is 0. The number of hydrogen-bond acceptors (Lipinski definition) is 0. The molecule has 109 valence electrons. The minimum atomic E-state index is -0.197. The summed E-state index contributed by atoms with van der Waals surface area (Å²) < 4.78 is 0.377. The molecular weight excluding hydrogens is 304 g/mol. The van der Waals surface area contributed by atoms with Crippen molar-refractivity contribution >= 4 is 14.7 Å². The van der Waals surface area contributed by atoms with Gasteiger partial charge in [-0.2, -0.15) is 0 Å². The molecule has 0 aromatic heterocycles. The van der Waals surface area contributed by atoms with Crippen LogP contribution in [0.5, 0.6) is 0 Å². The molecule has 0 spiro atoms. The van der Waals surface area contributed by atoms with Crippen molar-refractivity contribution < 1.29 is 20.4 Å². The Kier molecular flexibility index (Phi) is 4.45. The Morgan fingerprint density at radius 2 is 1.90 bits per heavy atom. The molecule has 0 radical (unpaired) electrons. The Labute approximate surface area is 143 Å². The summed E-state index contributed by atoms with van der Waals surface area (Å²) in [5.41, 5.74) is 8.11. The molecular formula is C19H25SiTi. The van der Waals surface area contributed by atoms with Crippen LogP contribution in [0.2, 0.25) is 9.76 Å². The van der Waals surface area contributed by atoms with Gasteiger partial charge in [0.2, 0.25) is 0 Å². The normalized spacial score (nSPS) is 25.5. The quantitative estimate of drug-likeness (QED) is 0.734. The summed E-state index contributed by atoms with van der Waals surface area (Å²) in [5, 5.41) is 1.67. The van der Waals surface area contributed by atoms with Crippen molar-refractivity contribution in [3.63, 3.8) is 0 Å². The molecule has 1 aromatic carbocycles. The zero-order valence-electron chi connectivity index (χ0n) is 13.6. The van der Waals surface area contributed by atoms with Gasteiger partial charge in [-0.25, -0.2) is 0 Å². The van der Waals surface area contributed by atoms with Crippen molar-refractivity contribution in [2.24, 2.45) is 0 Å². The zero-order valence-corrected chi connectivity index (χ0v) is 16.5. The first-order valence-electron chi connectivity index (χ1n) is 8.24. The molecule has 0 nitrogen and oxygen atoms in total. The van der Waals surface area contributed by atoms with E-state index in [-0.39, 0.29) is 9.52 Å². The Bertz CT molecular complexity index is 626. The van der Waals surface area contributed by atoms with E-state index in [0.29, 0.717) is 3.72 Å². The topological polar surface area (TPSA) is 0 Å². The summed E-state index contributed by atoms with van der Waals surface area (Å²) >= 11 is 2.50. The van der Waals surface area contributed by atoms with Crippen LogP contribution in [0.4, 0.5) is 0 Å². The van der Waals surface area contributed by atoms with Gasteiger partial charge in [0.1, 0.15) is 0 Å². The maximum absolute atomic E-state index is 2.60. The minimum absolute atomic E-state index is 0.197. The van der Waals surface area contributed by atoms with Gasteiger partial charge in [-0.15, -0.1) is 0 Å². The third kappa shape index (κ3) is 2.93. The third-order valence-corrected chi connectivity index (χ3v) is 9.66. The third-order valence-electron chi connectivity index (χ3n) is 5.45. The molecule has 1 atom stereocenters. The Morgan fingerprint density at radius 1 is 1.14 bits per heavy atom. The summed E-state index contributed by atoms with van der Waals surface area (Å²) in [6.45, 7) is 6.89. The molecule has 0 N–H and O–H groups in total. The SMILES string of the molecule is CC1=C[C]([Ti])(C[SiH2]c2cccc(C)c2C)C2=C1CCCC2. The van der Waals surface area contributed by atoms with E-state index in [1.165, 1.54) is 37.3 Å². The molecule has 2 aliphatic rings. The molecule has 2 aliphatic carbocycles.